The van der Waals surface area contributed by atoms with Crippen molar-refractivity contribution in [1.29, 1.82) is 0 Å². The number of hydrogen-bond donors (Lipinski definition) is 1. The summed E-state index contributed by atoms with van der Waals surface area (Å²) in [6.45, 7) is 4.05. The maximum Gasteiger partial charge on any atom is 0.410 e. The minimum atomic E-state index is -0.359. The Balaban J connectivity index is 1.51. The number of piperidine rings is 1. The van der Waals surface area contributed by atoms with Gasteiger partial charge in [-0.05, 0) is 41.3 Å². The number of ether oxygens (including phenoxy) is 2. The quantitative estimate of drug-likeness (QED) is 0.602. The van der Waals surface area contributed by atoms with E-state index in [2.05, 4.69) is 26.2 Å². The van der Waals surface area contributed by atoms with Crippen molar-refractivity contribution in [2.75, 3.05) is 19.7 Å². The van der Waals surface area contributed by atoms with Crippen LogP contribution in [0.2, 0.25) is 0 Å². The van der Waals surface area contributed by atoms with E-state index in [9.17, 15) is 9.59 Å². The first-order chi connectivity index (χ1) is 14.1. The fourth-order valence-corrected chi connectivity index (χ4v) is 4.56. The van der Waals surface area contributed by atoms with Crippen molar-refractivity contribution in [3.05, 3.63) is 50.4 Å². The van der Waals surface area contributed by atoms with Crippen molar-refractivity contribution < 1.29 is 19.1 Å². The van der Waals surface area contributed by atoms with E-state index in [4.69, 9.17) is 9.47 Å². The Morgan fingerprint density at radius 1 is 1.31 bits per heavy atom. The van der Waals surface area contributed by atoms with Crippen LogP contribution in [0.15, 0.2) is 34.2 Å². The maximum atomic E-state index is 12.4. The van der Waals surface area contributed by atoms with Gasteiger partial charge in [0.2, 0.25) is 0 Å². The molecule has 1 saturated heterocycles. The molecule has 1 N–H and O–H groups in total. The Morgan fingerprint density at radius 2 is 2.10 bits per heavy atom. The molecule has 156 valence electrons. The molecule has 1 aromatic heterocycles. The zero-order valence-electron chi connectivity index (χ0n) is 16.2. The largest absolute Gasteiger partial charge is 0.462 e. The minimum absolute atomic E-state index is 0.114. The number of benzene rings is 1. The van der Waals surface area contributed by atoms with E-state index in [0.717, 1.165) is 18.4 Å². The van der Waals surface area contributed by atoms with Crippen molar-refractivity contribution in [3.63, 3.8) is 0 Å². The maximum absolute atomic E-state index is 12.4. The highest BCUT2D eigenvalue weighted by molar-refractivity contribution is 9.11. The van der Waals surface area contributed by atoms with E-state index < -0.39 is 0 Å². The Bertz CT molecular complexity index is 830. The molecule has 1 fully saturated rings. The van der Waals surface area contributed by atoms with Crippen molar-refractivity contribution in [3.8, 4) is 0 Å². The third-order valence-electron chi connectivity index (χ3n) is 4.57. The topological polar surface area (TPSA) is 80.8 Å². The van der Waals surface area contributed by atoms with Gasteiger partial charge in [-0.3, -0.25) is 0 Å². The van der Waals surface area contributed by atoms with E-state index in [0.29, 0.717) is 40.7 Å². The van der Waals surface area contributed by atoms with Crippen LogP contribution in [0.1, 0.15) is 40.7 Å². The lowest BCUT2D eigenvalue weighted by Gasteiger charge is -2.32. The normalized spacial score (nSPS) is 16.5. The molecule has 0 aliphatic carbocycles. The monoisotopic (exact) mass is 481 g/mol. The van der Waals surface area contributed by atoms with Gasteiger partial charge in [0.25, 0.3) is 0 Å². The first kappa shape index (κ1) is 21.7. The lowest BCUT2D eigenvalue weighted by molar-refractivity contribution is 0.0530. The van der Waals surface area contributed by atoms with E-state index in [1.54, 1.807) is 11.8 Å². The summed E-state index contributed by atoms with van der Waals surface area (Å²) in [4.78, 5) is 31.1. The van der Waals surface area contributed by atoms with Gasteiger partial charge in [0, 0.05) is 25.7 Å². The molecule has 1 aliphatic heterocycles. The van der Waals surface area contributed by atoms with E-state index in [-0.39, 0.29) is 24.7 Å². The van der Waals surface area contributed by atoms with Gasteiger partial charge in [-0.15, -0.1) is 0 Å². The summed E-state index contributed by atoms with van der Waals surface area (Å²) < 4.78 is 11.2. The molecular weight excluding hydrogens is 458 g/mol. The van der Waals surface area contributed by atoms with Crippen LogP contribution < -0.4 is 5.32 Å². The SMILES string of the molecule is CCOC(=O)c1sc(Br)nc1CN[C@H]1CCCN(C(=O)OCc2ccccc2)C1. The van der Waals surface area contributed by atoms with Crippen molar-refractivity contribution in [2.24, 2.45) is 0 Å². The van der Waals surface area contributed by atoms with Crippen LogP contribution in [0, 0.1) is 0 Å². The predicted molar refractivity (Wildman–Crippen MR) is 114 cm³/mol. The average molecular weight is 482 g/mol. The van der Waals surface area contributed by atoms with Crippen LogP contribution in [-0.2, 0) is 22.6 Å². The minimum Gasteiger partial charge on any atom is -0.462 e. The number of halogens is 1. The van der Waals surface area contributed by atoms with Crippen LogP contribution in [0.3, 0.4) is 0 Å². The molecule has 3 rings (SSSR count). The van der Waals surface area contributed by atoms with Crippen molar-refractivity contribution >= 4 is 39.3 Å². The second-order valence-corrected chi connectivity index (χ2v) is 8.94. The molecule has 7 nitrogen and oxygen atoms in total. The molecule has 0 unspecified atom stereocenters. The lowest BCUT2D eigenvalue weighted by atomic mass is 10.1. The van der Waals surface area contributed by atoms with Gasteiger partial charge >= 0.3 is 12.1 Å². The van der Waals surface area contributed by atoms with E-state index >= 15 is 0 Å². The smallest absolute Gasteiger partial charge is 0.410 e. The number of carbonyl (C=O) groups excluding carboxylic acids is 2. The molecule has 1 atom stereocenters. The van der Waals surface area contributed by atoms with Crippen molar-refractivity contribution in [2.45, 2.75) is 39.0 Å². The summed E-state index contributed by atoms with van der Waals surface area (Å²) in [5.74, 6) is -0.359. The summed E-state index contributed by atoms with van der Waals surface area (Å²) in [5, 5.41) is 3.41. The molecule has 9 heteroatoms. The summed E-state index contributed by atoms with van der Waals surface area (Å²) >= 11 is 4.60. The molecule has 0 spiro atoms. The number of hydrogen-bond acceptors (Lipinski definition) is 7. The molecule has 1 aromatic carbocycles. The van der Waals surface area contributed by atoms with Crippen LogP contribution in [0.4, 0.5) is 4.79 Å². The fraction of sp³-hybridized carbons (Fsp3) is 0.450. The summed E-state index contributed by atoms with van der Waals surface area (Å²) in [6.07, 6.45) is 1.54. The van der Waals surface area contributed by atoms with Gasteiger partial charge in [0.05, 0.1) is 12.3 Å². The first-order valence-corrected chi connectivity index (χ1v) is 11.2. The molecule has 0 saturated carbocycles. The van der Waals surface area contributed by atoms with Gasteiger partial charge in [-0.25, -0.2) is 14.6 Å². The van der Waals surface area contributed by atoms with Crippen molar-refractivity contribution in [1.82, 2.24) is 15.2 Å². The number of nitrogens with zero attached hydrogens (tertiary/aromatic N) is 2. The second-order valence-electron chi connectivity index (χ2n) is 6.67. The van der Waals surface area contributed by atoms with Crippen LogP contribution in [0.25, 0.3) is 0 Å². The Morgan fingerprint density at radius 3 is 2.86 bits per heavy atom. The zero-order chi connectivity index (χ0) is 20.6. The average Bonchev–Trinajstić information content (AvgIpc) is 3.12. The van der Waals surface area contributed by atoms with Gasteiger partial charge in [0.15, 0.2) is 3.92 Å². The number of thiazole rings is 1. The highest BCUT2D eigenvalue weighted by atomic mass is 79.9. The number of amides is 1. The summed E-state index contributed by atoms with van der Waals surface area (Å²) in [5.41, 5.74) is 1.62. The number of nitrogens with one attached hydrogen (secondary N) is 1. The highest BCUT2D eigenvalue weighted by Gasteiger charge is 2.26. The van der Waals surface area contributed by atoms with E-state index in [1.807, 2.05) is 30.3 Å². The summed E-state index contributed by atoms with van der Waals surface area (Å²) in [6, 6.07) is 9.75. The molecule has 2 heterocycles. The molecule has 0 bridgehead atoms. The zero-order valence-corrected chi connectivity index (χ0v) is 18.6. The molecule has 1 amide bonds. The Hall–Kier alpha value is -1.97. The van der Waals surface area contributed by atoms with Crippen LogP contribution >= 0.6 is 27.3 Å². The summed E-state index contributed by atoms with van der Waals surface area (Å²) in [7, 11) is 0. The third-order valence-corrected chi connectivity index (χ3v) is 6.10. The molecule has 2 aromatic rings. The third kappa shape index (κ3) is 6.25. The first-order valence-electron chi connectivity index (χ1n) is 9.58. The molecule has 29 heavy (non-hydrogen) atoms. The van der Waals surface area contributed by atoms with Gasteiger partial charge in [0.1, 0.15) is 11.5 Å². The highest BCUT2D eigenvalue weighted by Crippen LogP contribution is 2.24. The molecule has 1 aliphatic rings. The Labute approximate surface area is 182 Å². The lowest BCUT2D eigenvalue weighted by Crippen LogP contribution is -2.48. The van der Waals surface area contributed by atoms with Crippen LogP contribution in [-0.4, -0.2) is 47.7 Å². The number of aromatic nitrogens is 1. The standard InChI is InChI=1S/C20H24BrN3O4S/c1-2-27-18(25)17-16(23-19(21)29-17)11-22-15-9-6-10-24(12-15)20(26)28-13-14-7-4-3-5-8-14/h3-5,7-8,15,22H,2,6,9-13H2,1H3/t15-/m0/s1. The Kier molecular flexibility index (Phi) is 8.02. The van der Waals surface area contributed by atoms with Gasteiger partial charge in [-0.1, -0.05) is 41.7 Å². The number of carbonyl (C=O) groups is 2. The fourth-order valence-electron chi connectivity index (χ4n) is 3.16. The van der Waals surface area contributed by atoms with Gasteiger partial charge in [-0.2, -0.15) is 0 Å². The van der Waals surface area contributed by atoms with Gasteiger partial charge < -0.3 is 19.7 Å². The number of likely N-dealkylation sites (tertiary alicyclic amines) is 1. The molecule has 0 radical (unpaired) electrons. The second kappa shape index (κ2) is 10.7. The van der Waals surface area contributed by atoms with E-state index in [1.165, 1.54) is 11.3 Å². The predicted octanol–water partition coefficient (Wildman–Crippen LogP) is 3.97. The number of esters is 1. The van der Waals surface area contributed by atoms with Crippen LogP contribution in [0.5, 0.6) is 0 Å². The molecular formula is C20H24BrN3O4S. The number of rotatable bonds is 7.